The molecule has 1 aliphatic rings. The summed E-state index contributed by atoms with van der Waals surface area (Å²) >= 11 is 0. The highest BCUT2D eigenvalue weighted by atomic mass is 16.1. The summed E-state index contributed by atoms with van der Waals surface area (Å²) in [5.74, 6) is 3.05. The van der Waals surface area contributed by atoms with Gasteiger partial charge in [-0.3, -0.25) is 4.79 Å². The lowest BCUT2D eigenvalue weighted by Gasteiger charge is -2.33. The molecule has 158 valence electrons. The summed E-state index contributed by atoms with van der Waals surface area (Å²) in [7, 11) is 2.14. The number of Topliss-reactive ketones (excluding diaryl/α,β-unsaturated/α-hetero) is 1. The topological polar surface area (TPSA) is 49.3 Å². The van der Waals surface area contributed by atoms with Crippen LogP contribution in [0.15, 0.2) is 12.4 Å². The minimum absolute atomic E-state index is 0.173. The predicted octanol–water partition coefficient (Wildman–Crippen LogP) is 4.57. The van der Waals surface area contributed by atoms with Gasteiger partial charge in [0.15, 0.2) is 0 Å². The molecule has 1 aliphatic heterocycles. The summed E-state index contributed by atoms with van der Waals surface area (Å²) < 4.78 is 0. The van der Waals surface area contributed by atoms with Gasteiger partial charge in [0.25, 0.3) is 0 Å². The van der Waals surface area contributed by atoms with Crippen molar-refractivity contribution in [2.75, 3.05) is 31.6 Å². The average molecular weight is 389 g/mol. The van der Waals surface area contributed by atoms with Crippen LogP contribution in [-0.4, -0.2) is 47.3 Å². The van der Waals surface area contributed by atoms with Crippen molar-refractivity contribution in [2.24, 2.45) is 17.8 Å². The Bertz CT molecular complexity index is 577. The quantitative estimate of drug-likeness (QED) is 0.520. The Hall–Kier alpha value is -1.49. The number of carbonyl (C=O) groups excluding carboxylic acids is 1. The summed E-state index contributed by atoms with van der Waals surface area (Å²) in [5, 5.41) is 0. The van der Waals surface area contributed by atoms with E-state index in [2.05, 4.69) is 40.7 Å². The third-order valence-corrected chi connectivity index (χ3v) is 6.02. The lowest BCUT2D eigenvalue weighted by atomic mass is 9.87. The first-order chi connectivity index (χ1) is 13.4. The highest BCUT2D eigenvalue weighted by molar-refractivity contribution is 5.80. The zero-order valence-corrected chi connectivity index (χ0v) is 18.7. The highest BCUT2D eigenvalue weighted by Crippen LogP contribution is 2.26. The van der Waals surface area contributed by atoms with Crippen LogP contribution in [0.3, 0.4) is 0 Å². The average Bonchev–Trinajstić information content (AvgIpc) is 2.68. The van der Waals surface area contributed by atoms with Crippen molar-refractivity contribution in [3.8, 4) is 0 Å². The lowest BCUT2D eigenvalue weighted by Crippen LogP contribution is -2.36. The first-order valence-corrected chi connectivity index (χ1v) is 11.1. The molecule has 0 unspecified atom stereocenters. The van der Waals surface area contributed by atoms with Crippen molar-refractivity contribution in [3.63, 3.8) is 0 Å². The van der Waals surface area contributed by atoms with Crippen molar-refractivity contribution in [1.29, 1.82) is 0 Å². The van der Waals surface area contributed by atoms with Crippen LogP contribution in [0.5, 0.6) is 0 Å². The van der Waals surface area contributed by atoms with E-state index in [0.29, 0.717) is 5.78 Å². The van der Waals surface area contributed by atoms with E-state index in [0.717, 1.165) is 69.6 Å². The predicted molar refractivity (Wildman–Crippen MR) is 116 cm³/mol. The number of ketones is 1. The van der Waals surface area contributed by atoms with E-state index in [9.17, 15) is 4.79 Å². The highest BCUT2D eigenvalue weighted by Gasteiger charge is 2.22. The molecule has 28 heavy (non-hydrogen) atoms. The molecule has 5 heteroatoms. The maximum atomic E-state index is 11.6. The van der Waals surface area contributed by atoms with E-state index < -0.39 is 0 Å². The third kappa shape index (κ3) is 7.50. The van der Waals surface area contributed by atoms with E-state index in [1.165, 1.54) is 18.4 Å². The standard InChI is InChI=1S/C23H40N4O/c1-18(2)21-10-13-27(14-11-21)23-24-15-20(16-25-23)17-26(5)12-8-6-7-9-22(28)19(3)4/h15-16,18-19,21H,6-14,17H2,1-5H3. The molecule has 2 rings (SSSR count). The van der Waals surface area contributed by atoms with Crippen molar-refractivity contribution >= 4 is 11.7 Å². The van der Waals surface area contributed by atoms with Gasteiger partial charge < -0.3 is 9.80 Å². The van der Waals surface area contributed by atoms with E-state index in [4.69, 9.17) is 0 Å². The largest absolute Gasteiger partial charge is 0.341 e. The van der Waals surface area contributed by atoms with Gasteiger partial charge in [0.05, 0.1) is 0 Å². The van der Waals surface area contributed by atoms with Crippen LogP contribution < -0.4 is 4.90 Å². The Morgan fingerprint density at radius 3 is 2.32 bits per heavy atom. The number of anilines is 1. The SMILES string of the molecule is CC(C)C(=O)CCCCCN(C)Cc1cnc(N2CCC(C(C)C)CC2)nc1. The van der Waals surface area contributed by atoms with Crippen molar-refractivity contribution in [3.05, 3.63) is 18.0 Å². The summed E-state index contributed by atoms with van der Waals surface area (Å²) in [6.07, 6.45) is 10.4. The molecule has 1 aromatic rings. The molecule has 0 aromatic carbocycles. The number of nitrogens with zero attached hydrogens (tertiary/aromatic N) is 4. The molecular weight excluding hydrogens is 348 g/mol. The van der Waals surface area contributed by atoms with Crippen molar-refractivity contribution in [1.82, 2.24) is 14.9 Å². The van der Waals surface area contributed by atoms with E-state index in [1.54, 1.807) is 0 Å². The molecule has 1 fully saturated rings. The zero-order chi connectivity index (χ0) is 20.5. The maximum Gasteiger partial charge on any atom is 0.225 e. The van der Waals surface area contributed by atoms with Gasteiger partial charge in [0.2, 0.25) is 5.95 Å². The number of aromatic nitrogens is 2. The fraction of sp³-hybridized carbons (Fsp3) is 0.783. The van der Waals surface area contributed by atoms with Gasteiger partial charge in [0, 0.05) is 49.9 Å². The molecule has 0 atom stereocenters. The molecule has 0 saturated carbocycles. The Balaban J connectivity index is 1.67. The zero-order valence-electron chi connectivity index (χ0n) is 18.7. The van der Waals surface area contributed by atoms with E-state index in [1.807, 2.05) is 26.2 Å². The molecule has 0 spiro atoms. The number of hydrogen-bond acceptors (Lipinski definition) is 5. The molecule has 1 aromatic heterocycles. The first-order valence-electron chi connectivity index (χ1n) is 11.1. The van der Waals surface area contributed by atoms with Gasteiger partial charge >= 0.3 is 0 Å². The van der Waals surface area contributed by atoms with Crippen molar-refractivity contribution < 1.29 is 4.79 Å². The van der Waals surface area contributed by atoms with Crippen LogP contribution in [0.25, 0.3) is 0 Å². The maximum absolute atomic E-state index is 11.6. The Kier molecular flexibility index (Phi) is 9.36. The Labute approximate surface area is 171 Å². The Morgan fingerprint density at radius 2 is 1.75 bits per heavy atom. The summed E-state index contributed by atoms with van der Waals surface area (Å²) in [4.78, 5) is 25.5. The van der Waals surface area contributed by atoms with Crippen LogP contribution in [0.1, 0.15) is 71.8 Å². The molecule has 0 amide bonds. The second kappa shape index (κ2) is 11.5. The number of carbonyl (C=O) groups is 1. The van der Waals surface area contributed by atoms with E-state index in [-0.39, 0.29) is 5.92 Å². The summed E-state index contributed by atoms with van der Waals surface area (Å²) in [6, 6.07) is 0. The molecule has 0 aliphatic carbocycles. The van der Waals surface area contributed by atoms with Crippen LogP contribution in [-0.2, 0) is 11.3 Å². The minimum atomic E-state index is 0.173. The normalized spacial score (nSPS) is 15.8. The molecule has 1 saturated heterocycles. The van der Waals surface area contributed by atoms with Gasteiger partial charge in [0.1, 0.15) is 5.78 Å². The molecule has 0 bridgehead atoms. The summed E-state index contributed by atoms with van der Waals surface area (Å²) in [6.45, 7) is 12.7. The molecule has 5 nitrogen and oxygen atoms in total. The smallest absolute Gasteiger partial charge is 0.225 e. The fourth-order valence-corrected chi connectivity index (χ4v) is 3.90. The molecule has 0 N–H and O–H groups in total. The first kappa shape index (κ1) is 22.8. The van der Waals surface area contributed by atoms with Gasteiger partial charge in [-0.05, 0) is 51.1 Å². The second-order valence-electron chi connectivity index (χ2n) is 9.13. The molecule has 2 heterocycles. The second-order valence-corrected chi connectivity index (χ2v) is 9.13. The number of piperidine rings is 1. The number of rotatable bonds is 11. The number of unbranched alkanes of at least 4 members (excludes halogenated alkanes) is 2. The number of hydrogen-bond donors (Lipinski definition) is 0. The van der Waals surface area contributed by atoms with Crippen LogP contribution in [0.4, 0.5) is 5.95 Å². The van der Waals surface area contributed by atoms with Crippen molar-refractivity contribution in [2.45, 2.75) is 72.8 Å². The van der Waals surface area contributed by atoms with E-state index >= 15 is 0 Å². The molecular formula is C23H40N4O. The van der Waals surface area contributed by atoms with Crippen LogP contribution in [0.2, 0.25) is 0 Å². The fourth-order valence-electron chi connectivity index (χ4n) is 3.90. The monoisotopic (exact) mass is 388 g/mol. The lowest BCUT2D eigenvalue weighted by molar-refractivity contribution is -0.122. The van der Waals surface area contributed by atoms with Crippen LogP contribution in [0, 0.1) is 17.8 Å². The summed E-state index contributed by atoms with van der Waals surface area (Å²) in [5.41, 5.74) is 1.17. The van der Waals surface area contributed by atoms with Gasteiger partial charge in [-0.1, -0.05) is 34.1 Å². The minimum Gasteiger partial charge on any atom is -0.341 e. The third-order valence-electron chi connectivity index (χ3n) is 6.02. The van der Waals surface area contributed by atoms with Gasteiger partial charge in [-0.25, -0.2) is 9.97 Å². The Morgan fingerprint density at radius 1 is 1.11 bits per heavy atom. The molecule has 0 radical (unpaired) electrons. The van der Waals surface area contributed by atoms with Crippen LogP contribution >= 0.6 is 0 Å². The van der Waals surface area contributed by atoms with Gasteiger partial charge in [-0.15, -0.1) is 0 Å². The van der Waals surface area contributed by atoms with Gasteiger partial charge in [-0.2, -0.15) is 0 Å².